The van der Waals surface area contributed by atoms with Gasteiger partial charge in [0.1, 0.15) is 5.82 Å². The van der Waals surface area contributed by atoms with E-state index in [0.717, 1.165) is 23.7 Å². The third-order valence-corrected chi connectivity index (χ3v) is 3.62. The Kier molecular flexibility index (Phi) is 4.00. The molecular weight excluding hydrogens is 215 g/mol. The number of nitrogens with one attached hydrogen (secondary N) is 1. The topological polar surface area (TPSA) is 15.3 Å². The Morgan fingerprint density at radius 1 is 1.41 bits per heavy atom. The highest BCUT2D eigenvalue weighted by Gasteiger charge is 2.20. The van der Waals surface area contributed by atoms with Crippen LogP contribution < -0.4 is 10.2 Å². The quantitative estimate of drug-likeness (QED) is 0.845. The summed E-state index contributed by atoms with van der Waals surface area (Å²) in [5.41, 5.74) is 1.79. The fraction of sp³-hybridized carbons (Fsp3) is 0.571. The summed E-state index contributed by atoms with van der Waals surface area (Å²) in [5, 5.41) is 3.03. The first-order valence-electron chi connectivity index (χ1n) is 6.35. The van der Waals surface area contributed by atoms with Gasteiger partial charge in [-0.3, -0.25) is 0 Å². The Hall–Kier alpha value is -1.09. The minimum Gasteiger partial charge on any atom is -0.374 e. The number of hydrogen-bond donors (Lipinski definition) is 1. The summed E-state index contributed by atoms with van der Waals surface area (Å²) in [5.74, 6) is 0.683. The molecule has 0 amide bonds. The van der Waals surface area contributed by atoms with Crippen molar-refractivity contribution in [3.8, 4) is 0 Å². The molecule has 0 atom stereocenters. The Balaban J connectivity index is 2.14. The average molecular weight is 236 g/mol. The minimum atomic E-state index is -0.114. The monoisotopic (exact) mass is 236 g/mol. The second-order valence-electron chi connectivity index (χ2n) is 4.95. The van der Waals surface area contributed by atoms with Crippen LogP contribution in [0.3, 0.4) is 0 Å². The predicted molar refractivity (Wildman–Crippen MR) is 69.8 cm³/mol. The normalized spacial score (nSPS) is 15.7. The lowest BCUT2D eigenvalue weighted by Gasteiger charge is -2.32. The number of hydrogen-bond acceptors (Lipinski definition) is 2. The summed E-state index contributed by atoms with van der Waals surface area (Å²) in [6, 6.07) is 5.34. The molecular formula is C14H21FN2. The van der Waals surface area contributed by atoms with E-state index in [-0.39, 0.29) is 5.82 Å². The predicted octanol–water partition coefficient (Wildman–Crippen LogP) is 2.78. The molecule has 1 aromatic rings. The van der Waals surface area contributed by atoms with Crippen molar-refractivity contribution in [1.82, 2.24) is 5.32 Å². The molecule has 94 valence electrons. The van der Waals surface area contributed by atoms with Crippen molar-refractivity contribution >= 4 is 5.69 Å². The van der Waals surface area contributed by atoms with Crippen molar-refractivity contribution in [1.29, 1.82) is 0 Å². The lowest BCUT2D eigenvalue weighted by Crippen LogP contribution is -2.30. The highest BCUT2D eigenvalue weighted by molar-refractivity contribution is 5.53. The van der Waals surface area contributed by atoms with E-state index in [4.69, 9.17) is 0 Å². The summed E-state index contributed by atoms with van der Waals surface area (Å²) in [6.45, 7) is 1.62. The first kappa shape index (κ1) is 12.4. The molecule has 1 saturated carbocycles. The molecule has 2 nitrogen and oxygen atoms in total. The molecule has 2 rings (SSSR count). The van der Waals surface area contributed by atoms with Crippen LogP contribution in [0.5, 0.6) is 0 Å². The Morgan fingerprint density at radius 2 is 2.18 bits per heavy atom. The van der Waals surface area contributed by atoms with Crippen LogP contribution in [-0.4, -0.2) is 20.6 Å². The molecule has 0 spiro atoms. The standard InChI is InChI=1S/C14H21FN2/c1-16-9-12-13(15)7-4-8-14(12)17(2)10-11-5-3-6-11/h4,7-8,11,16H,3,5-6,9-10H2,1-2H3. The van der Waals surface area contributed by atoms with Crippen LogP contribution in [-0.2, 0) is 6.54 Å². The van der Waals surface area contributed by atoms with E-state index >= 15 is 0 Å². The zero-order valence-electron chi connectivity index (χ0n) is 10.7. The Morgan fingerprint density at radius 3 is 2.76 bits per heavy atom. The van der Waals surface area contributed by atoms with Gasteiger partial charge >= 0.3 is 0 Å². The van der Waals surface area contributed by atoms with Crippen LogP contribution >= 0.6 is 0 Å². The van der Waals surface area contributed by atoms with Crippen molar-refractivity contribution < 1.29 is 4.39 Å². The average Bonchev–Trinajstić information content (AvgIpc) is 2.26. The van der Waals surface area contributed by atoms with Crippen LogP contribution in [0.15, 0.2) is 18.2 Å². The van der Waals surface area contributed by atoms with E-state index in [9.17, 15) is 4.39 Å². The van der Waals surface area contributed by atoms with E-state index in [1.807, 2.05) is 13.1 Å². The molecule has 0 aromatic heterocycles. The molecule has 1 aliphatic carbocycles. The van der Waals surface area contributed by atoms with Gasteiger partial charge in [0.05, 0.1) is 0 Å². The third kappa shape index (κ3) is 2.78. The lowest BCUT2D eigenvalue weighted by molar-refractivity contribution is 0.321. The molecule has 0 bridgehead atoms. The largest absolute Gasteiger partial charge is 0.374 e. The molecule has 1 N–H and O–H groups in total. The van der Waals surface area contributed by atoms with Gasteiger partial charge < -0.3 is 10.2 Å². The molecule has 0 heterocycles. The van der Waals surface area contributed by atoms with Gasteiger partial charge in [-0.05, 0) is 37.9 Å². The van der Waals surface area contributed by atoms with Crippen molar-refractivity contribution in [2.24, 2.45) is 5.92 Å². The highest BCUT2D eigenvalue weighted by atomic mass is 19.1. The van der Waals surface area contributed by atoms with Gasteiger partial charge in [-0.25, -0.2) is 4.39 Å². The van der Waals surface area contributed by atoms with E-state index in [1.165, 1.54) is 25.3 Å². The zero-order valence-corrected chi connectivity index (χ0v) is 10.7. The molecule has 1 aliphatic rings. The van der Waals surface area contributed by atoms with Crippen molar-refractivity contribution in [3.05, 3.63) is 29.6 Å². The molecule has 1 aromatic carbocycles. The van der Waals surface area contributed by atoms with Crippen LogP contribution in [0, 0.1) is 11.7 Å². The Bertz CT molecular complexity index is 374. The molecule has 1 fully saturated rings. The summed E-state index contributed by atoms with van der Waals surface area (Å²) in [4.78, 5) is 2.19. The van der Waals surface area contributed by atoms with Crippen molar-refractivity contribution in [3.63, 3.8) is 0 Å². The fourth-order valence-electron chi connectivity index (χ4n) is 2.42. The molecule has 0 unspecified atom stereocenters. The van der Waals surface area contributed by atoms with Gasteiger partial charge in [-0.2, -0.15) is 0 Å². The van der Waals surface area contributed by atoms with Crippen LogP contribution in [0.1, 0.15) is 24.8 Å². The van der Waals surface area contributed by atoms with E-state index in [1.54, 1.807) is 6.07 Å². The summed E-state index contributed by atoms with van der Waals surface area (Å²) in [6.07, 6.45) is 3.99. The molecule has 0 radical (unpaired) electrons. The molecule has 17 heavy (non-hydrogen) atoms. The molecule has 0 saturated heterocycles. The molecule has 3 heteroatoms. The SMILES string of the molecule is CNCc1c(F)cccc1N(C)CC1CCC1. The van der Waals surface area contributed by atoms with Gasteiger partial charge in [-0.15, -0.1) is 0 Å². The zero-order chi connectivity index (χ0) is 12.3. The second-order valence-corrected chi connectivity index (χ2v) is 4.95. The third-order valence-electron chi connectivity index (χ3n) is 3.62. The maximum atomic E-state index is 13.8. The van der Waals surface area contributed by atoms with Crippen molar-refractivity contribution in [2.45, 2.75) is 25.8 Å². The van der Waals surface area contributed by atoms with Gasteiger partial charge in [0.15, 0.2) is 0 Å². The van der Waals surface area contributed by atoms with Crippen LogP contribution in [0.25, 0.3) is 0 Å². The highest BCUT2D eigenvalue weighted by Crippen LogP contribution is 2.30. The van der Waals surface area contributed by atoms with E-state index in [2.05, 4.69) is 17.3 Å². The minimum absolute atomic E-state index is 0.114. The van der Waals surface area contributed by atoms with Crippen molar-refractivity contribution in [2.75, 3.05) is 25.5 Å². The number of anilines is 1. The van der Waals surface area contributed by atoms with Gasteiger partial charge in [0, 0.05) is 31.4 Å². The maximum absolute atomic E-state index is 13.8. The van der Waals surface area contributed by atoms with E-state index < -0.39 is 0 Å². The van der Waals surface area contributed by atoms with Gasteiger partial charge in [-0.1, -0.05) is 12.5 Å². The lowest BCUT2D eigenvalue weighted by atomic mass is 9.85. The Labute approximate surface area is 103 Å². The van der Waals surface area contributed by atoms with Crippen LogP contribution in [0.2, 0.25) is 0 Å². The number of nitrogens with zero attached hydrogens (tertiary/aromatic N) is 1. The summed E-state index contributed by atoms with van der Waals surface area (Å²) >= 11 is 0. The first-order valence-corrected chi connectivity index (χ1v) is 6.35. The summed E-state index contributed by atoms with van der Waals surface area (Å²) in [7, 11) is 3.91. The number of benzene rings is 1. The van der Waals surface area contributed by atoms with Crippen LogP contribution in [0.4, 0.5) is 10.1 Å². The number of rotatable bonds is 5. The fourth-order valence-corrected chi connectivity index (χ4v) is 2.42. The maximum Gasteiger partial charge on any atom is 0.129 e. The number of halogens is 1. The van der Waals surface area contributed by atoms with Gasteiger partial charge in [0.25, 0.3) is 0 Å². The molecule has 0 aliphatic heterocycles. The second kappa shape index (κ2) is 5.50. The van der Waals surface area contributed by atoms with E-state index in [0.29, 0.717) is 6.54 Å². The first-order chi connectivity index (χ1) is 8.22. The smallest absolute Gasteiger partial charge is 0.129 e. The van der Waals surface area contributed by atoms with Gasteiger partial charge in [0.2, 0.25) is 0 Å². The summed E-state index contributed by atoms with van der Waals surface area (Å²) < 4.78 is 13.8.